The quantitative estimate of drug-likeness (QED) is 0.639. The Morgan fingerprint density at radius 2 is 2.25 bits per heavy atom. The molecule has 1 heterocycles. The lowest BCUT2D eigenvalue weighted by molar-refractivity contribution is -0.115. The summed E-state index contributed by atoms with van der Waals surface area (Å²) in [5.41, 5.74) is 12.5. The average molecular weight is 238 g/mol. The monoisotopic (exact) mass is 238 g/mol. The summed E-state index contributed by atoms with van der Waals surface area (Å²) < 4.78 is 11.6. The predicted octanol–water partition coefficient (Wildman–Crippen LogP) is -0.262. The second-order valence-corrected chi connectivity index (χ2v) is 4.64. The van der Waals surface area contributed by atoms with Gasteiger partial charge in [0, 0.05) is 5.69 Å². The van der Waals surface area contributed by atoms with Gasteiger partial charge in [-0.05, 0) is 18.2 Å². The number of benzene rings is 1. The van der Waals surface area contributed by atoms with Crippen LogP contribution in [0, 0.1) is 0 Å². The molecule has 1 atom stereocenters. The molecule has 0 bridgehead atoms. The summed E-state index contributed by atoms with van der Waals surface area (Å²) in [7, 11) is -1.53. The number of primary amides is 1. The van der Waals surface area contributed by atoms with Crippen molar-refractivity contribution in [1.82, 2.24) is 9.97 Å². The summed E-state index contributed by atoms with van der Waals surface area (Å²) >= 11 is 0. The number of hydrogen-bond acceptors (Lipinski definition) is 4. The normalized spacial score (nSPS) is 12.8. The number of imidazole rings is 1. The van der Waals surface area contributed by atoms with E-state index in [1.165, 1.54) is 0 Å². The van der Waals surface area contributed by atoms with Gasteiger partial charge < -0.3 is 16.5 Å². The number of nitrogen functional groups attached to an aromatic ring is 1. The highest BCUT2D eigenvalue weighted by molar-refractivity contribution is 7.85. The summed E-state index contributed by atoms with van der Waals surface area (Å²) in [4.78, 5) is 17.6. The molecule has 1 unspecified atom stereocenters. The van der Waals surface area contributed by atoms with Crippen LogP contribution < -0.4 is 11.5 Å². The summed E-state index contributed by atoms with van der Waals surface area (Å²) in [6.45, 7) is 0. The standard InChI is InChI=1S/C9H10N4O2S/c10-5-1-2-6-7(3-5)13-9(12-6)16(15)4-8(11)14/h1-3H,4,10H2,(H2,11,14)(H,12,13). The molecule has 1 aromatic carbocycles. The van der Waals surface area contributed by atoms with Gasteiger partial charge in [-0.25, -0.2) is 4.98 Å². The van der Waals surface area contributed by atoms with Gasteiger partial charge in [0.1, 0.15) is 5.75 Å². The Morgan fingerprint density at radius 3 is 2.94 bits per heavy atom. The Morgan fingerprint density at radius 1 is 1.50 bits per heavy atom. The first-order valence-electron chi connectivity index (χ1n) is 4.48. The van der Waals surface area contributed by atoms with Crippen molar-refractivity contribution in [3.63, 3.8) is 0 Å². The van der Waals surface area contributed by atoms with Crippen LogP contribution in [0.3, 0.4) is 0 Å². The van der Waals surface area contributed by atoms with Crippen LogP contribution in [-0.2, 0) is 15.6 Å². The SMILES string of the molecule is NC(=O)CS(=O)c1nc2ccc(N)cc2[nH]1. The van der Waals surface area contributed by atoms with E-state index in [0.29, 0.717) is 16.7 Å². The number of anilines is 1. The van der Waals surface area contributed by atoms with Gasteiger partial charge >= 0.3 is 0 Å². The van der Waals surface area contributed by atoms with Crippen molar-refractivity contribution >= 4 is 33.4 Å². The number of nitrogens with one attached hydrogen (secondary N) is 1. The van der Waals surface area contributed by atoms with Gasteiger partial charge in [0.15, 0.2) is 5.16 Å². The Bertz CT molecular complexity index is 578. The molecule has 0 spiro atoms. The zero-order valence-corrected chi connectivity index (χ0v) is 9.08. The number of fused-ring (bicyclic) bond motifs is 1. The van der Waals surface area contributed by atoms with Gasteiger partial charge in [-0.2, -0.15) is 0 Å². The number of carbonyl (C=O) groups excluding carboxylic acids is 1. The third kappa shape index (κ3) is 2.03. The smallest absolute Gasteiger partial charge is 0.230 e. The van der Waals surface area contributed by atoms with Crippen molar-refractivity contribution in [3.8, 4) is 0 Å². The molecule has 0 aliphatic carbocycles. The molecular formula is C9H10N4O2S. The number of rotatable bonds is 3. The predicted molar refractivity (Wildman–Crippen MR) is 61.0 cm³/mol. The van der Waals surface area contributed by atoms with Crippen molar-refractivity contribution in [2.24, 2.45) is 5.73 Å². The fourth-order valence-electron chi connectivity index (χ4n) is 1.31. The van der Waals surface area contributed by atoms with E-state index < -0.39 is 16.7 Å². The first kappa shape index (κ1) is 10.6. The van der Waals surface area contributed by atoms with Crippen LogP contribution in [0.1, 0.15) is 0 Å². The van der Waals surface area contributed by atoms with Crippen molar-refractivity contribution in [3.05, 3.63) is 18.2 Å². The number of H-pyrrole nitrogens is 1. The Kier molecular flexibility index (Phi) is 2.61. The number of nitrogens with two attached hydrogens (primary N) is 2. The number of carbonyl (C=O) groups is 1. The molecule has 6 nitrogen and oxygen atoms in total. The molecule has 2 aromatic rings. The van der Waals surface area contributed by atoms with E-state index >= 15 is 0 Å². The zero-order valence-electron chi connectivity index (χ0n) is 8.27. The fraction of sp³-hybridized carbons (Fsp3) is 0.111. The molecule has 16 heavy (non-hydrogen) atoms. The topological polar surface area (TPSA) is 115 Å². The first-order valence-corrected chi connectivity index (χ1v) is 5.80. The highest BCUT2D eigenvalue weighted by atomic mass is 32.2. The van der Waals surface area contributed by atoms with E-state index in [1.807, 2.05) is 0 Å². The van der Waals surface area contributed by atoms with Crippen LogP contribution in [-0.4, -0.2) is 25.8 Å². The molecular weight excluding hydrogens is 228 g/mol. The van der Waals surface area contributed by atoms with Gasteiger partial charge in [-0.15, -0.1) is 0 Å². The van der Waals surface area contributed by atoms with E-state index in [4.69, 9.17) is 11.5 Å². The van der Waals surface area contributed by atoms with E-state index in [1.54, 1.807) is 18.2 Å². The van der Waals surface area contributed by atoms with Gasteiger partial charge in [-0.1, -0.05) is 0 Å². The largest absolute Gasteiger partial charge is 0.399 e. The maximum Gasteiger partial charge on any atom is 0.230 e. The molecule has 0 fully saturated rings. The molecule has 1 amide bonds. The highest BCUT2D eigenvalue weighted by Crippen LogP contribution is 2.16. The minimum Gasteiger partial charge on any atom is -0.399 e. The Hall–Kier alpha value is -1.89. The number of hydrogen-bond donors (Lipinski definition) is 3. The van der Waals surface area contributed by atoms with Crippen LogP contribution in [0.4, 0.5) is 5.69 Å². The van der Waals surface area contributed by atoms with Gasteiger partial charge in [0.2, 0.25) is 5.91 Å². The van der Waals surface area contributed by atoms with Crippen LogP contribution in [0.25, 0.3) is 11.0 Å². The van der Waals surface area contributed by atoms with E-state index in [0.717, 1.165) is 0 Å². The Labute approximate surface area is 93.5 Å². The highest BCUT2D eigenvalue weighted by Gasteiger charge is 2.12. The minimum atomic E-state index is -1.53. The van der Waals surface area contributed by atoms with E-state index in [9.17, 15) is 9.00 Å². The van der Waals surface area contributed by atoms with Crippen molar-refractivity contribution in [1.29, 1.82) is 0 Å². The maximum absolute atomic E-state index is 11.6. The number of nitrogens with zero attached hydrogens (tertiary/aromatic N) is 1. The number of amides is 1. The van der Waals surface area contributed by atoms with Gasteiger partial charge in [0.05, 0.1) is 21.8 Å². The minimum absolute atomic E-state index is 0.236. The van der Waals surface area contributed by atoms with Crippen molar-refractivity contribution < 1.29 is 9.00 Å². The Balaban J connectivity index is 2.39. The van der Waals surface area contributed by atoms with Crippen LogP contribution in [0.15, 0.2) is 23.4 Å². The zero-order chi connectivity index (χ0) is 11.7. The second kappa shape index (κ2) is 3.93. The lowest BCUT2D eigenvalue weighted by Gasteiger charge is -1.92. The lowest BCUT2D eigenvalue weighted by Crippen LogP contribution is -2.19. The summed E-state index contributed by atoms with van der Waals surface area (Å²) in [5, 5.41) is 0.236. The van der Waals surface area contributed by atoms with E-state index in [-0.39, 0.29) is 10.9 Å². The summed E-state index contributed by atoms with van der Waals surface area (Å²) in [6, 6.07) is 5.10. The van der Waals surface area contributed by atoms with Crippen LogP contribution >= 0.6 is 0 Å². The van der Waals surface area contributed by atoms with Crippen molar-refractivity contribution in [2.75, 3.05) is 11.5 Å². The molecule has 84 valence electrons. The number of aromatic nitrogens is 2. The maximum atomic E-state index is 11.6. The third-order valence-electron chi connectivity index (χ3n) is 1.97. The molecule has 5 N–H and O–H groups in total. The molecule has 0 aliphatic heterocycles. The van der Waals surface area contributed by atoms with E-state index in [2.05, 4.69) is 9.97 Å². The van der Waals surface area contributed by atoms with Crippen LogP contribution in [0.5, 0.6) is 0 Å². The summed E-state index contributed by atoms with van der Waals surface area (Å²) in [5.74, 6) is -0.867. The lowest BCUT2D eigenvalue weighted by atomic mass is 10.3. The van der Waals surface area contributed by atoms with Gasteiger partial charge in [-0.3, -0.25) is 9.00 Å². The third-order valence-corrected chi connectivity index (χ3v) is 3.14. The van der Waals surface area contributed by atoms with Crippen LogP contribution in [0.2, 0.25) is 0 Å². The fourth-order valence-corrected chi connectivity index (χ4v) is 2.13. The molecule has 0 saturated heterocycles. The molecule has 2 rings (SSSR count). The first-order chi connectivity index (χ1) is 7.56. The summed E-state index contributed by atoms with van der Waals surface area (Å²) in [6.07, 6.45) is 0. The second-order valence-electron chi connectivity index (χ2n) is 3.27. The molecule has 0 saturated carbocycles. The van der Waals surface area contributed by atoms with Gasteiger partial charge in [0.25, 0.3) is 0 Å². The molecule has 0 aliphatic rings. The van der Waals surface area contributed by atoms with Crippen molar-refractivity contribution in [2.45, 2.75) is 5.16 Å². The molecule has 0 radical (unpaired) electrons. The molecule has 1 aromatic heterocycles. The molecule has 7 heteroatoms. The average Bonchev–Trinajstić information content (AvgIpc) is 2.59. The number of aromatic amines is 1.